The van der Waals surface area contributed by atoms with E-state index in [1.54, 1.807) is 4.90 Å². The summed E-state index contributed by atoms with van der Waals surface area (Å²) in [5.74, 6) is 0.547. The first-order valence-corrected chi connectivity index (χ1v) is 6.93. The fourth-order valence-electron chi connectivity index (χ4n) is 2.06. The molecule has 1 aliphatic heterocycles. The van der Waals surface area contributed by atoms with Crippen molar-refractivity contribution < 1.29 is 14.3 Å². The van der Waals surface area contributed by atoms with Crippen LogP contribution >= 0.6 is 0 Å². The minimum atomic E-state index is -0.111. The molecule has 0 radical (unpaired) electrons. The smallest absolute Gasteiger partial charge is 0.265 e. The summed E-state index contributed by atoms with van der Waals surface area (Å²) in [5.41, 5.74) is 0.736. The number of hydrogen-bond donors (Lipinski definition) is 1. The zero-order valence-electron chi connectivity index (χ0n) is 11.9. The first-order valence-electron chi connectivity index (χ1n) is 6.93. The number of anilines is 1. The molecule has 20 heavy (non-hydrogen) atoms. The second-order valence-corrected chi connectivity index (χ2v) is 4.93. The summed E-state index contributed by atoms with van der Waals surface area (Å²) in [6, 6.07) is 7.54. The molecule has 0 aromatic heterocycles. The molecule has 0 bridgehead atoms. The highest BCUT2D eigenvalue weighted by Crippen LogP contribution is 2.31. The highest BCUT2D eigenvalue weighted by Gasteiger charge is 2.25. The molecule has 1 heterocycles. The summed E-state index contributed by atoms with van der Waals surface area (Å²) in [6.45, 7) is 4.39. The quantitative estimate of drug-likeness (QED) is 0.890. The van der Waals surface area contributed by atoms with E-state index in [1.807, 2.05) is 38.1 Å². The van der Waals surface area contributed by atoms with Gasteiger partial charge < -0.3 is 15.0 Å². The molecule has 0 aliphatic carbocycles. The Labute approximate surface area is 118 Å². The molecule has 2 rings (SSSR count). The third-order valence-electron chi connectivity index (χ3n) is 3.39. The maximum Gasteiger partial charge on any atom is 0.265 e. The highest BCUT2D eigenvalue weighted by molar-refractivity contribution is 5.98. The largest absolute Gasteiger partial charge is 0.482 e. The lowest BCUT2D eigenvalue weighted by molar-refractivity contribution is -0.122. The fraction of sp³-hybridized carbons (Fsp3) is 0.467. The minimum absolute atomic E-state index is 0.0314. The number of benzene rings is 1. The SMILES string of the molecule is CCC(C)NC(=O)CCN1C(=O)COc2ccccc21. The summed E-state index contributed by atoms with van der Waals surface area (Å²) in [7, 11) is 0. The maximum absolute atomic E-state index is 11.9. The van der Waals surface area contributed by atoms with Gasteiger partial charge in [0, 0.05) is 19.0 Å². The van der Waals surface area contributed by atoms with Gasteiger partial charge in [-0.1, -0.05) is 19.1 Å². The molecule has 0 fully saturated rings. The van der Waals surface area contributed by atoms with Gasteiger partial charge in [0.25, 0.3) is 5.91 Å². The molecule has 5 heteroatoms. The van der Waals surface area contributed by atoms with E-state index < -0.39 is 0 Å². The number of fused-ring (bicyclic) bond motifs is 1. The van der Waals surface area contributed by atoms with Crippen molar-refractivity contribution in [3.8, 4) is 5.75 Å². The number of para-hydroxylation sites is 2. The van der Waals surface area contributed by atoms with Crippen LogP contribution in [-0.2, 0) is 9.59 Å². The van der Waals surface area contributed by atoms with E-state index in [9.17, 15) is 9.59 Å². The van der Waals surface area contributed by atoms with Gasteiger partial charge in [0.15, 0.2) is 6.61 Å². The molecule has 0 saturated heterocycles. The van der Waals surface area contributed by atoms with E-state index in [1.165, 1.54) is 0 Å². The molecule has 1 aromatic carbocycles. The average Bonchev–Trinajstić information content (AvgIpc) is 2.46. The lowest BCUT2D eigenvalue weighted by atomic mass is 10.2. The van der Waals surface area contributed by atoms with Crippen LogP contribution in [0.25, 0.3) is 0 Å². The third kappa shape index (κ3) is 3.29. The van der Waals surface area contributed by atoms with Crippen LogP contribution in [0.1, 0.15) is 26.7 Å². The fourth-order valence-corrected chi connectivity index (χ4v) is 2.06. The van der Waals surface area contributed by atoms with Crippen molar-refractivity contribution in [1.82, 2.24) is 5.32 Å². The predicted octanol–water partition coefficient (Wildman–Crippen LogP) is 1.72. The van der Waals surface area contributed by atoms with Gasteiger partial charge in [-0.2, -0.15) is 0 Å². The number of nitrogens with one attached hydrogen (secondary N) is 1. The zero-order valence-corrected chi connectivity index (χ0v) is 11.9. The monoisotopic (exact) mass is 276 g/mol. The normalized spacial score (nSPS) is 15.3. The van der Waals surface area contributed by atoms with E-state index in [-0.39, 0.29) is 24.5 Å². The van der Waals surface area contributed by atoms with Crippen LogP contribution in [0.2, 0.25) is 0 Å². The number of carbonyl (C=O) groups excluding carboxylic acids is 2. The Morgan fingerprint density at radius 3 is 2.95 bits per heavy atom. The van der Waals surface area contributed by atoms with Gasteiger partial charge in [0.05, 0.1) is 5.69 Å². The Balaban J connectivity index is 1.99. The summed E-state index contributed by atoms with van der Waals surface area (Å²) >= 11 is 0. The van der Waals surface area contributed by atoms with Crippen molar-refractivity contribution >= 4 is 17.5 Å². The molecule has 108 valence electrons. The van der Waals surface area contributed by atoms with Crippen LogP contribution in [-0.4, -0.2) is 31.0 Å². The second-order valence-electron chi connectivity index (χ2n) is 4.93. The number of ether oxygens (including phenoxy) is 1. The van der Waals surface area contributed by atoms with Crippen LogP contribution in [0.3, 0.4) is 0 Å². The standard InChI is InChI=1S/C15H20N2O3/c1-3-11(2)16-14(18)8-9-17-12-6-4-5-7-13(12)20-10-15(17)19/h4-7,11H,3,8-10H2,1-2H3,(H,16,18). The number of amides is 2. The Morgan fingerprint density at radius 1 is 1.45 bits per heavy atom. The summed E-state index contributed by atoms with van der Waals surface area (Å²) < 4.78 is 5.36. The van der Waals surface area contributed by atoms with Crippen molar-refractivity contribution in [2.75, 3.05) is 18.1 Å². The summed E-state index contributed by atoms with van der Waals surface area (Å²) in [4.78, 5) is 25.3. The van der Waals surface area contributed by atoms with Crippen molar-refractivity contribution in [2.45, 2.75) is 32.7 Å². The summed E-state index contributed by atoms with van der Waals surface area (Å²) in [6.07, 6.45) is 1.19. The number of rotatable bonds is 5. The number of nitrogens with zero attached hydrogens (tertiary/aromatic N) is 1. The third-order valence-corrected chi connectivity index (χ3v) is 3.39. The highest BCUT2D eigenvalue weighted by atomic mass is 16.5. The van der Waals surface area contributed by atoms with Crippen LogP contribution < -0.4 is 15.0 Å². The molecular weight excluding hydrogens is 256 g/mol. The van der Waals surface area contributed by atoms with Crippen LogP contribution in [0.4, 0.5) is 5.69 Å². The van der Waals surface area contributed by atoms with E-state index >= 15 is 0 Å². The van der Waals surface area contributed by atoms with E-state index in [0.29, 0.717) is 18.7 Å². The van der Waals surface area contributed by atoms with Crippen molar-refractivity contribution in [3.63, 3.8) is 0 Å². The average molecular weight is 276 g/mol. The van der Waals surface area contributed by atoms with Crippen molar-refractivity contribution in [1.29, 1.82) is 0 Å². The molecule has 0 spiro atoms. The topological polar surface area (TPSA) is 58.6 Å². The van der Waals surface area contributed by atoms with E-state index in [4.69, 9.17) is 4.74 Å². The molecule has 5 nitrogen and oxygen atoms in total. The Kier molecular flexibility index (Phi) is 4.61. The van der Waals surface area contributed by atoms with Gasteiger partial charge in [-0.3, -0.25) is 9.59 Å². The molecule has 1 atom stereocenters. The maximum atomic E-state index is 11.9. The van der Waals surface area contributed by atoms with Gasteiger partial charge in [0.1, 0.15) is 5.75 Å². The van der Waals surface area contributed by atoms with Crippen LogP contribution in [0.5, 0.6) is 5.75 Å². The minimum Gasteiger partial charge on any atom is -0.482 e. The van der Waals surface area contributed by atoms with Gasteiger partial charge in [0.2, 0.25) is 5.91 Å². The van der Waals surface area contributed by atoms with Gasteiger partial charge in [-0.25, -0.2) is 0 Å². The molecule has 1 aliphatic rings. The second kappa shape index (κ2) is 6.41. The van der Waals surface area contributed by atoms with Gasteiger partial charge in [-0.15, -0.1) is 0 Å². The predicted molar refractivity (Wildman–Crippen MR) is 76.8 cm³/mol. The lowest BCUT2D eigenvalue weighted by Crippen LogP contribution is -2.41. The van der Waals surface area contributed by atoms with Crippen LogP contribution in [0.15, 0.2) is 24.3 Å². The van der Waals surface area contributed by atoms with Crippen molar-refractivity contribution in [2.24, 2.45) is 0 Å². The Morgan fingerprint density at radius 2 is 2.20 bits per heavy atom. The number of carbonyl (C=O) groups is 2. The molecule has 1 N–H and O–H groups in total. The molecular formula is C15H20N2O3. The van der Waals surface area contributed by atoms with Gasteiger partial charge >= 0.3 is 0 Å². The molecule has 2 amide bonds. The van der Waals surface area contributed by atoms with E-state index in [0.717, 1.165) is 12.1 Å². The van der Waals surface area contributed by atoms with E-state index in [2.05, 4.69) is 5.32 Å². The van der Waals surface area contributed by atoms with Gasteiger partial charge in [-0.05, 0) is 25.5 Å². The van der Waals surface area contributed by atoms with Crippen LogP contribution in [0, 0.1) is 0 Å². The molecule has 1 unspecified atom stereocenters. The zero-order chi connectivity index (χ0) is 14.5. The first-order chi connectivity index (χ1) is 9.61. The molecule has 0 saturated carbocycles. The Bertz CT molecular complexity index is 502. The summed E-state index contributed by atoms with van der Waals surface area (Å²) in [5, 5.41) is 2.90. The lowest BCUT2D eigenvalue weighted by Gasteiger charge is -2.29. The van der Waals surface area contributed by atoms with Crippen molar-refractivity contribution in [3.05, 3.63) is 24.3 Å². The number of hydrogen-bond acceptors (Lipinski definition) is 3. The Hall–Kier alpha value is -2.04. The first kappa shape index (κ1) is 14.4. The molecule has 1 aromatic rings.